The molecule has 2 aromatic heterocycles. The van der Waals surface area contributed by atoms with E-state index in [-0.39, 0.29) is 5.91 Å². The van der Waals surface area contributed by atoms with Crippen molar-refractivity contribution >= 4 is 11.6 Å². The molecule has 0 aliphatic rings. The molecule has 1 N–H and O–H groups in total. The van der Waals surface area contributed by atoms with Crippen molar-refractivity contribution in [3.05, 3.63) is 76.9 Å². The van der Waals surface area contributed by atoms with E-state index in [1.54, 1.807) is 10.9 Å². The molecule has 2 aromatic carbocycles. The fourth-order valence-electron chi connectivity index (χ4n) is 3.29. The molecule has 152 valence electrons. The Morgan fingerprint density at radius 1 is 1.07 bits per heavy atom. The number of aromatic nitrogens is 4. The molecule has 0 spiro atoms. The number of rotatable bonds is 5. The van der Waals surface area contributed by atoms with Gasteiger partial charge in [-0.2, -0.15) is 10.1 Å². The Morgan fingerprint density at radius 2 is 1.77 bits per heavy atom. The minimum atomic E-state index is -0.174. The molecule has 0 atom stereocenters. The van der Waals surface area contributed by atoms with Crippen molar-refractivity contribution < 1.29 is 9.32 Å². The molecular weight excluding hydrogens is 378 g/mol. The van der Waals surface area contributed by atoms with Crippen LogP contribution in [0.4, 0.5) is 5.69 Å². The van der Waals surface area contributed by atoms with Gasteiger partial charge in [0.15, 0.2) is 0 Å². The Morgan fingerprint density at radius 3 is 2.40 bits per heavy atom. The second-order valence-electron chi connectivity index (χ2n) is 7.21. The van der Waals surface area contributed by atoms with Crippen LogP contribution in [-0.2, 0) is 6.42 Å². The first-order valence-corrected chi connectivity index (χ1v) is 9.83. The zero-order valence-electron chi connectivity index (χ0n) is 17.4. The topological polar surface area (TPSA) is 85.8 Å². The number of nitrogens with one attached hydrogen (secondary N) is 1. The largest absolute Gasteiger partial charge is 0.339 e. The summed E-state index contributed by atoms with van der Waals surface area (Å²) in [6, 6.07) is 13.6. The number of benzene rings is 2. The lowest BCUT2D eigenvalue weighted by molar-refractivity contribution is 0.102. The molecule has 0 unspecified atom stereocenters. The quantitative estimate of drug-likeness (QED) is 0.525. The fraction of sp³-hybridized carbons (Fsp3) is 0.217. The number of amides is 1. The molecule has 0 fully saturated rings. The van der Waals surface area contributed by atoms with E-state index < -0.39 is 0 Å². The van der Waals surface area contributed by atoms with E-state index >= 15 is 0 Å². The van der Waals surface area contributed by atoms with Gasteiger partial charge in [-0.1, -0.05) is 30.3 Å². The average Bonchev–Trinajstić information content (AvgIpc) is 3.38. The number of anilines is 1. The summed E-state index contributed by atoms with van der Waals surface area (Å²) in [6.45, 7) is 7.76. The monoisotopic (exact) mass is 401 g/mol. The predicted octanol–water partition coefficient (Wildman–Crippen LogP) is 4.66. The third-order valence-electron chi connectivity index (χ3n) is 5.02. The second-order valence-corrected chi connectivity index (χ2v) is 7.21. The number of aryl methyl sites for hydroxylation is 4. The Kier molecular flexibility index (Phi) is 5.18. The molecule has 1 amide bonds. The third-order valence-corrected chi connectivity index (χ3v) is 5.02. The van der Waals surface area contributed by atoms with E-state index in [9.17, 15) is 4.79 Å². The molecule has 30 heavy (non-hydrogen) atoms. The molecule has 7 nitrogen and oxygen atoms in total. The second kappa shape index (κ2) is 7.94. The van der Waals surface area contributed by atoms with Crippen molar-refractivity contribution in [1.29, 1.82) is 0 Å². The van der Waals surface area contributed by atoms with Crippen LogP contribution in [0.3, 0.4) is 0 Å². The van der Waals surface area contributed by atoms with Gasteiger partial charge in [0.05, 0.1) is 16.9 Å². The highest BCUT2D eigenvalue weighted by Gasteiger charge is 2.16. The van der Waals surface area contributed by atoms with E-state index in [2.05, 4.69) is 20.6 Å². The van der Waals surface area contributed by atoms with Gasteiger partial charge in [0.25, 0.3) is 5.91 Å². The van der Waals surface area contributed by atoms with Crippen LogP contribution in [0.5, 0.6) is 0 Å². The molecular formula is C23H23N5O2. The van der Waals surface area contributed by atoms with Gasteiger partial charge in [-0.15, -0.1) is 0 Å². The first-order chi connectivity index (χ1) is 14.5. The van der Waals surface area contributed by atoms with E-state index in [4.69, 9.17) is 4.52 Å². The van der Waals surface area contributed by atoms with Crippen molar-refractivity contribution in [3.8, 4) is 17.1 Å². The minimum absolute atomic E-state index is 0.174. The van der Waals surface area contributed by atoms with Crippen LogP contribution >= 0.6 is 0 Å². The van der Waals surface area contributed by atoms with Crippen molar-refractivity contribution in [2.75, 3.05) is 5.32 Å². The molecule has 0 aliphatic carbocycles. The van der Waals surface area contributed by atoms with Crippen molar-refractivity contribution in [2.45, 2.75) is 34.1 Å². The maximum Gasteiger partial charge on any atom is 0.259 e. The van der Waals surface area contributed by atoms with Crippen LogP contribution < -0.4 is 5.32 Å². The number of hydrogen-bond acceptors (Lipinski definition) is 5. The molecule has 7 heteroatoms. The Hall–Kier alpha value is -3.74. The molecule has 4 aromatic rings. The lowest BCUT2D eigenvalue weighted by atomic mass is 10.1. The summed E-state index contributed by atoms with van der Waals surface area (Å²) in [5, 5.41) is 11.5. The molecule has 0 bridgehead atoms. The number of carbonyl (C=O) groups excluding carboxylic acids is 1. The number of para-hydroxylation sites is 1. The van der Waals surface area contributed by atoms with Crippen LogP contribution in [0, 0.1) is 20.8 Å². The molecule has 2 heterocycles. The predicted molar refractivity (Wildman–Crippen MR) is 115 cm³/mol. The fourth-order valence-corrected chi connectivity index (χ4v) is 3.29. The van der Waals surface area contributed by atoms with Crippen molar-refractivity contribution in [1.82, 2.24) is 19.9 Å². The van der Waals surface area contributed by atoms with Gasteiger partial charge in [-0.3, -0.25) is 4.79 Å². The van der Waals surface area contributed by atoms with Crippen molar-refractivity contribution in [2.24, 2.45) is 0 Å². The molecule has 0 radical (unpaired) electrons. The van der Waals surface area contributed by atoms with Crippen LogP contribution in [0.2, 0.25) is 0 Å². The molecule has 0 saturated heterocycles. The zero-order valence-corrected chi connectivity index (χ0v) is 17.4. The summed E-state index contributed by atoms with van der Waals surface area (Å²) in [6.07, 6.45) is 2.45. The molecule has 0 aliphatic heterocycles. The van der Waals surface area contributed by atoms with Gasteiger partial charge in [0.2, 0.25) is 11.7 Å². The highest BCUT2D eigenvalue weighted by Crippen LogP contribution is 2.22. The Labute approximate surface area is 174 Å². The molecule has 4 rings (SSSR count). The maximum atomic E-state index is 12.9. The van der Waals surface area contributed by atoms with Crippen LogP contribution in [-0.4, -0.2) is 25.8 Å². The van der Waals surface area contributed by atoms with E-state index in [1.165, 1.54) is 0 Å². The van der Waals surface area contributed by atoms with Gasteiger partial charge in [-0.25, -0.2) is 4.68 Å². The Bertz CT molecular complexity index is 1180. The van der Waals surface area contributed by atoms with Gasteiger partial charge in [-0.05, 0) is 56.2 Å². The zero-order chi connectivity index (χ0) is 21.3. The smallest absolute Gasteiger partial charge is 0.259 e. The summed E-state index contributed by atoms with van der Waals surface area (Å²) >= 11 is 0. The normalized spacial score (nSPS) is 10.9. The van der Waals surface area contributed by atoms with Crippen LogP contribution in [0.1, 0.15) is 40.0 Å². The van der Waals surface area contributed by atoms with Gasteiger partial charge in [0, 0.05) is 23.9 Å². The van der Waals surface area contributed by atoms with Gasteiger partial charge >= 0.3 is 0 Å². The molecule has 0 saturated carbocycles. The standard InChI is InChI=1S/C23H23N5O2/c1-5-20-24-22(27-30-20)17-9-11-18(12-10-17)28-13-19(16(4)26-28)23(29)25-21-14(2)7-6-8-15(21)3/h6-13H,5H2,1-4H3,(H,25,29). The van der Waals surface area contributed by atoms with Crippen LogP contribution in [0.25, 0.3) is 17.1 Å². The summed E-state index contributed by atoms with van der Waals surface area (Å²) in [5.74, 6) is 0.992. The summed E-state index contributed by atoms with van der Waals surface area (Å²) < 4.78 is 6.87. The van der Waals surface area contributed by atoms with Gasteiger partial charge in [0.1, 0.15) is 0 Å². The Balaban J connectivity index is 1.57. The number of hydrogen-bond donors (Lipinski definition) is 1. The highest BCUT2D eigenvalue weighted by molar-refractivity contribution is 6.05. The van der Waals surface area contributed by atoms with E-state index in [1.807, 2.05) is 70.2 Å². The third kappa shape index (κ3) is 3.74. The first-order valence-electron chi connectivity index (χ1n) is 9.83. The summed E-state index contributed by atoms with van der Waals surface area (Å²) in [4.78, 5) is 17.2. The minimum Gasteiger partial charge on any atom is -0.339 e. The van der Waals surface area contributed by atoms with Gasteiger partial charge < -0.3 is 9.84 Å². The van der Waals surface area contributed by atoms with Crippen LogP contribution in [0.15, 0.2) is 53.2 Å². The SMILES string of the molecule is CCc1nc(-c2ccc(-n3cc(C(=O)Nc4c(C)cccc4C)c(C)n3)cc2)no1. The lowest BCUT2D eigenvalue weighted by Crippen LogP contribution is -2.14. The first kappa shape index (κ1) is 19.6. The number of carbonyl (C=O) groups is 1. The van der Waals surface area contributed by atoms with E-state index in [0.717, 1.165) is 28.1 Å². The van der Waals surface area contributed by atoms with E-state index in [0.29, 0.717) is 29.4 Å². The number of nitrogens with zero attached hydrogens (tertiary/aromatic N) is 4. The lowest BCUT2D eigenvalue weighted by Gasteiger charge is -2.10. The maximum absolute atomic E-state index is 12.9. The summed E-state index contributed by atoms with van der Waals surface area (Å²) in [5.41, 5.74) is 5.78. The summed E-state index contributed by atoms with van der Waals surface area (Å²) in [7, 11) is 0. The van der Waals surface area contributed by atoms with Crippen molar-refractivity contribution in [3.63, 3.8) is 0 Å². The average molecular weight is 401 g/mol. The highest BCUT2D eigenvalue weighted by atomic mass is 16.5.